The van der Waals surface area contributed by atoms with E-state index in [0.717, 1.165) is 5.39 Å². The third-order valence-corrected chi connectivity index (χ3v) is 1.32. The Labute approximate surface area is 56.6 Å². The van der Waals surface area contributed by atoms with Crippen molar-refractivity contribution < 1.29 is 4.52 Å². The molecule has 0 unspecified atom stereocenters. The van der Waals surface area contributed by atoms with Crippen LogP contribution in [0.25, 0.3) is 10.9 Å². The average Bonchev–Trinajstić information content (AvgIpc) is 2.36. The molecule has 0 aromatic carbocycles. The Morgan fingerprint density at radius 1 is 1.40 bits per heavy atom. The molecule has 0 amide bonds. The van der Waals surface area contributed by atoms with Crippen molar-refractivity contribution >= 4 is 16.6 Å². The van der Waals surface area contributed by atoms with Crippen LogP contribution in [0.3, 0.4) is 0 Å². The maximum absolute atomic E-state index is 5.54. The summed E-state index contributed by atoms with van der Waals surface area (Å²) in [5, 5.41) is 4.48. The van der Waals surface area contributed by atoms with E-state index in [2.05, 4.69) is 14.7 Å². The number of hydrogen-bond acceptors (Lipinski definition) is 4. The second kappa shape index (κ2) is 1.70. The number of aromatic nitrogens is 2. The van der Waals surface area contributed by atoms with Crippen molar-refractivity contribution in [2.24, 2.45) is 0 Å². The summed E-state index contributed by atoms with van der Waals surface area (Å²) in [7, 11) is 0. The second-order valence-corrected chi connectivity index (χ2v) is 1.98. The molecule has 0 aliphatic heterocycles. The fourth-order valence-corrected chi connectivity index (χ4v) is 0.812. The number of nitrogens with two attached hydrogens (primary N) is 1. The molecule has 0 aliphatic rings. The molecule has 0 aliphatic carbocycles. The molecule has 10 heavy (non-hydrogen) atoms. The number of anilines is 1. The zero-order valence-electron chi connectivity index (χ0n) is 5.11. The van der Waals surface area contributed by atoms with E-state index in [0.29, 0.717) is 11.2 Å². The molecule has 2 heterocycles. The van der Waals surface area contributed by atoms with Gasteiger partial charge in [-0.05, 0) is 0 Å². The monoisotopic (exact) mass is 135 g/mol. The van der Waals surface area contributed by atoms with E-state index in [-0.39, 0.29) is 0 Å². The van der Waals surface area contributed by atoms with Crippen LogP contribution < -0.4 is 5.73 Å². The lowest BCUT2D eigenvalue weighted by Crippen LogP contribution is -1.85. The highest BCUT2D eigenvalue weighted by atomic mass is 16.5. The summed E-state index contributed by atoms with van der Waals surface area (Å²) in [6.45, 7) is 0. The second-order valence-electron chi connectivity index (χ2n) is 1.98. The van der Waals surface area contributed by atoms with Crippen molar-refractivity contribution in [3.8, 4) is 0 Å². The molecular weight excluding hydrogens is 130 g/mol. The van der Waals surface area contributed by atoms with Crippen LogP contribution in [-0.2, 0) is 0 Å². The maximum atomic E-state index is 5.54. The van der Waals surface area contributed by atoms with Gasteiger partial charge in [0.05, 0.1) is 23.5 Å². The van der Waals surface area contributed by atoms with E-state index in [9.17, 15) is 0 Å². The van der Waals surface area contributed by atoms with Crippen LogP contribution in [-0.4, -0.2) is 10.1 Å². The van der Waals surface area contributed by atoms with Gasteiger partial charge in [-0.1, -0.05) is 5.16 Å². The maximum Gasteiger partial charge on any atom is 0.134 e. The normalized spacial score (nSPS) is 10.4. The fourth-order valence-electron chi connectivity index (χ4n) is 0.812. The van der Waals surface area contributed by atoms with E-state index >= 15 is 0 Å². The Morgan fingerprint density at radius 2 is 2.30 bits per heavy atom. The molecular formula is C6H5N3O. The van der Waals surface area contributed by atoms with Crippen molar-refractivity contribution in [1.82, 2.24) is 10.1 Å². The summed E-state index contributed by atoms with van der Waals surface area (Å²) in [5.41, 5.74) is 6.83. The van der Waals surface area contributed by atoms with Crippen molar-refractivity contribution in [2.75, 3.05) is 5.73 Å². The highest BCUT2D eigenvalue weighted by molar-refractivity contribution is 5.87. The first-order valence-electron chi connectivity index (χ1n) is 2.81. The zero-order chi connectivity index (χ0) is 6.97. The SMILES string of the molecule is Nc1cncc2nocc12. The molecule has 0 saturated heterocycles. The van der Waals surface area contributed by atoms with Gasteiger partial charge in [0.15, 0.2) is 0 Å². The molecule has 0 saturated carbocycles. The number of hydrogen-bond donors (Lipinski definition) is 1. The lowest BCUT2D eigenvalue weighted by atomic mass is 10.3. The zero-order valence-corrected chi connectivity index (χ0v) is 5.11. The van der Waals surface area contributed by atoms with Crippen molar-refractivity contribution in [3.05, 3.63) is 18.7 Å². The highest BCUT2D eigenvalue weighted by Crippen LogP contribution is 2.16. The van der Waals surface area contributed by atoms with Gasteiger partial charge in [-0.25, -0.2) is 0 Å². The van der Waals surface area contributed by atoms with Gasteiger partial charge >= 0.3 is 0 Å². The molecule has 0 bridgehead atoms. The lowest BCUT2D eigenvalue weighted by Gasteiger charge is -1.88. The molecule has 0 atom stereocenters. The van der Waals surface area contributed by atoms with Crippen molar-refractivity contribution in [3.63, 3.8) is 0 Å². The quantitative estimate of drug-likeness (QED) is 0.580. The average molecular weight is 135 g/mol. The molecule has 2 aromatic rings. The van der Waals surface area contributed by atoms with Crippen LogP contribution in [0.5, 0.6) is 0 Å². The smallest absolute Gasteiger partial charge is 0.134 e. The third kappa shape index (κ3) is 0.556. The van der Waals surface area contributed by atoms with E-state index < -0.39 is 0 Å². The molecule has 4 heteroatoms. The van der Waals surface area contributed by atoms with Crippen molar-refractivity contribution in [2.45, 2.75) is 0 Å². The molecule has 0 radical (unpaired) electrons. The summed E-state index contributed by atoms with van der Waals surface area (Å²) in [4.78, 5) is 3.84. The van der Waals surface area contributed by atoms with Crippen LogP contribution >= 0.6 is 0 Å². The van der Waals surface area contributed by atoms with Crippen LogP contribution in [0.15, 0.2) is 23.2 Å². The Hall–Kier alpha value is -1.58. The van der Waals surface area contributed by atoms with Crippen LogP contribution in [0.4, 0.5) is 5.69 Å². The van der Waals surface area contributed by atoms with Gasteiger partial charge in [0.2, 0.25) is 0 Å². The predicted octanol–water partition coefficient (Wildman–Crippen LogP) is 0.805. The summed E-state index contributed by atoms with van der Waals surface area (Å²) in [5.74, 6) is 0. The van der Waals surface area contributed by atoms with Gasteiger partial charge in [-0.15, -0.1) is 0 Å². The number of nitrogens with zero attached hydrogens (tertiary/aromatic N) is 2. The van der Waals surface area contributed by atoms with Gasteiger partial charge in [0, 0.05) is 0 Å². The number of fused-ring (bicyclic) bond motifs is 1. The van der Waals surface area contributed by atoms with Gasteiger partial charge in [0.25, 0.3) is 0 Å². The first kappa shape index (κ1) is 5.22. The molecule has 50 valence electrons. The molecule has 2 rings (SSSR count). The van der Waals surface area contributed by atoms with Crippen molar-refractivity contribution in [1.29, 1.82) is 0 Å². The Balaban J connectivity index is 2.95. The third-order valence-electron chi connectivity index (χ3n) is 1.32. The van der Waals surface area contributed by atoms with Crippen LogP contribution in [0.1, 0.15) is 0 Å². The number of rotatable bonds is 0. The lowest BCUT2D eigenvalue weighted by molar-refractivity contribution is 0.428. The van der Waals surface area contributed by atoms with Gasteiger partial charge in [0.1, 0.15) is 11.8 Å². The van der Waals surface area contributed by atoms with Gasteiger partial charge in [-0.3, -0.25) is 4.98 Å². The topological polar surface area (TPSA) is 64.9 Å². The van der Waals surface area contributed by atoms with Crippen LogP contribution in [0.2, 0.25) is 0 Å². The Morgan fingerprint density at radius 3 is 3.10 bits per heavy atom. The minimum atomic E-state index is 0.596. The summed E-state index contributed by atoms with van der Waals surface area (Å²) >= 11 is 0. The fraction of sp³-hybridized carbons (Fsp3) is 0. The molecule has 2 aromatic heterocycles. The summed E-state index contributed by atoms with van der Waals surface area (Å²) in [6.07, 6.45) is 4.68. The standard InChI is InChI=1S/C6H5N3O/c7-5-1-8-2-6-4(5)3-10-9-6/h1-3H,7H2. The van der Waals surface area contributed by atoms with Gasteiger partial charge in [-0.2, -0.15) is 0 Å². The minimum absolute atomic E-state index is 0.596. The molecule has 0 fully saturated rings. The van der Waals surface area contributed by atoms with Crippen LogP contribution in [0, 0.1) is 0 Å². The first-order chi connectivity index (χ1) is 4.88. The molecule has 2 N–H and O–H groups in total. The van der Waals surface area contributed by atoms with E-state index in [1.807, 2.05) is 0 Å². The van der Waals surface area contributed by atoms with E-state index in [4.69, 9.17) is 5.73 Å². The molecule has 0 spiro atoms. The largest absolute Gasteiger partial charge is 0.397 e. The number of pyridine rings is 1. The minimum Gasteiger partial charge on any atom is -0.397 e. The predicted molar refractivity (Wildman–Crippen MR) is 36.2 cm³/mol. The Bertz CT molecular complexity index is 355. The van der Waals surface area contributed by atoms with E-state index in [1.54, 1.807) is 12.4 Å². The van der Waals surface area contributed by atoms with E-state index in [1.165, 1.54) is 6.26 Å². The van der Waals surface area contributed by atoms with Gasteiger partial charge < -0.3 is 10.3 Å². The summed E-state index contributed by atoms with van der Waals surface area (Å²) < 4.78 is 4.68. The number of nitrogen functional groups attached to an aromatic ring is 1. The summed E-state index contributed by atoms with van der Waals surface area (Å²) in [6, 6.07) is 0. The first-order valence-corrected chi connectivity index (χ1v) is 2.81. The highest BCUT2D eigenvalue weighted by Gasteiger charge is 1.99. The Kier molecular flexibility index (Phi) is 0.887. The molecule has 4 nitrogen and oxygen atoms in total.